The van der Waals surface area contributed by atoms with Crippen molar-refractivity contribution in [2.24, 2.45) is 0 Å². The summed E-state index contributed by atoms with van der Waals surface area (Å²) in [6.07, 6.45) is 0. The van der Waals surface area contributed by atoms with E-state index in [-0.39, 0.29) is 0 Å². The highest BCUT2D eigenvalue weighted by atomic mass is 16.5. The molecule has 0 amide bonds. The first-order valence-electron chi connectivity index (χ1n) is 5.53. The third-order valence-electron chi connectivity index (χ3n) is 2.79. The summed E-state index contributed by atoms with van der Waals surface area (Å²) >= 11 is 0. The van der Waals surface area contributed by atoms with Gasteiger partial charge in [0.15, 0.2) is 0 Å². The first-order valence-corrected chi connectivity index (χ1v) is 5.53. The summed E-state index contributed by atoms with van der Waals surface area (Å²) < 4.78 is 10.3. The van der Waals surface area contributed by atoms with Crippen LogP contribution >= 0.6 is 0 Å². The van der Waals surface area contributed by atoms with Crippen molar-refractivity contribution >= 4 is 11.4 Å². The monoisotopic (exact) mass is 244 g/mol. The van der Waals surface area contributed by atoms with Gasteiger partial charge in [0.2, 0.25) is 0 Å². The average Bonchev–Trinajstić information content (AvgIpc) is 2.38. The van der Waals surface area contributed by atoms with Crippen LogP contribution in [0, 0.1) is 0 Å². The van der Waals surface area contributed by atoms with Gasteiger partial charge in [0.1, 0.15) is 11.5 Å². The van der Waals surface area contributed by atoms with Gasteiger partial charge in [-0.3, -0.25) is 0 Å². The molecule has 2 rings (SSSR count). The zero-order chi connectivity index (χ0) is 13.1. The van der Waals surface area contributed by atoms with Crippen LogP contribution in [0.2, 0.25) is 0 Å². The standard InChI is InChI=1S/C14H16N2O2/c1-17-13-5-3-9(7-11(13)15)10-4-6-14(18-2)12(16)8-10/h3-8H,15-16H2,1-2H3. The molecule has 0 atom stereocenters. The molecule has 0 aliphatic rings. The van der Waals surface area contributed by atoms with Gasteiger partial charge in [-0.15, -0.1) is 0 Å². The number of hydrogen-bond donors (Lipinski definition) is 2. The van der Waals surface area contributed by atoms with Crippen LogP contribution in [0.5, 0.6) is 11.5 Å². The quantitative estimate of drug-likeness (QED) is 0.814. The van der Waals surface area contributed by atoms with Gasteiger partial charge in [0.25, 0.3) is 0 Å². The summed E-state index contributed by atoms with van der Waals surface area (Å²) in [6, 6.07) is 11.3. The van der Waals surface area contributed by atoms with Gasteiger partial charge in [-0.05, 0) is 35.4 Å². The molecule has 0 spiro atoms. The molecular weight excluding hydrogens is 228 g/mol. The molecule has 4 heteroatoms. The van der Waals surface area contributed by atoms with Gasteiger partial charge >= 0.3 is 0 Å². The lowest BCUT2D eigenvalue weighted by atomic mass is 10.0. The molecule has 0 aromatic heterocycles. The van der Waals surface area contributed by atoms with Crippen LogP contribution in [0.1, 0.15) is 0 Å². The van der Waals surface area contributed by atoms with E-state index in [1.54, 1.807) is 14.2 Å². The Hall–Kier alpha value is -2.36. The molecule has 2 aromatic rings. The number of nitrogens with two attached hydrogens (primary N) is 2. The predicted molar refractivity (Wildman–Crippen MR) is 73.8 cm³/mol. The predicted octanol–water partition coefficient (Wildman–Crippen LogP) is 2.54. The summed E-state index contributed by atoms with van der Waals surface area (Å²) in [4.78, 5) is 0. The van der Waals surface area contributed by atoms with Gasteiger partial charge in [-0.2, -0.15) is 0 Å². The lowest BCUT2D eigenvalue weighted by molar-refractivity contribution is 0.417. The van der Waals surface area contributed by atoms with Gasteiger partial charge in [-0.1, -0.05) is 12.1 Å². The molecule has 0 bridgehead atoms. The zero-order valence-corrected chi connectivity index (χ0v) is 10.4. The molecule has 0 heterocycles. The van der Waals surface area contributed by atoms with Crippen LogP contribution < -0.4 is 20.9 Å². The van der Waals surface area contributed by atoms with Crippen LogP contribution in [-0.2, 0) is 0 Å². The van der Waals surface area contributed by atoms with E-state index >= 15 is 0 Å². The Morgan fingerprint density at radius 2 is 1.11 bits per heavy atom. The van der Waals surface area contributed by atoms with Crippen molar-refractivity contribution in [1.82, 2.24) is 0 Å². The zero-order valence-electron chi connectivity index (χ0n) is 10.4. The van der Waals surface area contributed by atoms with E-state index < -0.39 is 0 Å². The maximum absolute atomic E-state index is 5.88. The van der Waals surface area contributed by atoms with Crippen molar-refractivity contribution in [3.8, 4) is 22.6 Å². The molecule has 18 heavy (non-hydrogen) atoms. The second-order valence-electron chi connectivity index (χ2n) is 3.91. The topological polar surface area (TPSA) is 70.5 Å². The number of methoxy groups -OCH3 is 2. The highest BCUT2D eigenvalue weighted by Gasteiger charge is 2.05. The van der Waals surface area contributed by atoms with Crippen molar-refractivity contribution in [2.45, 2.75) is 0 Å². The normalized spacial score (nSPS) is 10.1. The third-order valence-corrected chi connectivity index (χ3v) is 2.79. The Kier molecular flexibility index (Phi) is 3.28. The second-order valence-corrected chi connectivity index (χ2v) is 3.91. The lowest BCUT2D eigenvalue weighted by Gasteiger charge is -2.09. The van der Waals surface area contributed by atoms with Crippen LogP contribution in [0.15, 0.2) is 36.4 Å². The molecule has 0 fully saturated rings. The second kappa shape index (κ2) is 4.87. The van der Waals surface area contributed by atoms with Crippen molar-refractivity contribution in [2.75, 3.05) is 25.7 Å². The minimum absolute atomic E-state index is 0.601. The number of rotatable bonds is 3. The molecule has 0 aliphatic carbocycles. The molecular formula is C14H16N2O2. The highest BCUT2D eigenvalue weighted by Crippen LogP contribution is 2.31. The minimum Gasteiger partial charge on any atom is -0.495 e. The molecule has 94 valence electrons. The average molecular weight is 244 g/mol. The van der Waals surface area contributed by atoms with Crippen molar-refractivity contribution < 1.29 is 9.47 Å². The number of anilines is 2. The smallest absolute Gasteiger partial charge is 0.141 e. The highest BCUT2D eigenvalue weighted by molar-refractivity contribution is 5.74. The van der Waals surface area contributed by atoms with E-state index in [2.05, 4.69) is 0 Å². The van der Waals surface area contributed by atoms with Gasteiger partial charge in [0, 0.05) is 0 Å². The molecule has 2 aromatic carbocycles. The van der Waals surface area contributed by atoms with Crippen molar-refractivity contribution in [1.29, 1.82) is 0 Å². The fourth-order valence-electron chi connectivity index (χ4n) is 1.83. The Labute approximate surface area is 106 Å². The molecule has 0 unspecified atom stereocenters. The Morgan fingerprint density at radius 3 is 1.39 bits per heavy atom. The summed E-state index contributed by atoms with van der Waals surface area (Å²) in [5.74, 6) is 1.33. The van der Waals surface area contributed by atoms with Gasteiger partial charge in [-0.25, -0.2) is 0 Å². The first-order chi connectivity index (χ1) is 8.65. The number of hydrogen-bond acceptors (Lipinski definition) is 4. The summed E-state index contributed by atoms with van der Waals surface area (Å²) in [6.45, 7) is 0. The van der Waals surface area contributed by atoms with Crippen molar-refractivity contribution in [3.05, 3.63) is 36.4 Å². The minimum atomic E-state index is 0.601. The van der Waals surface area contributed by atoms with E-state index in [1.807, 2.05) is 36.4 Å². The van der Waals surface area contributed by atoms with Gasteiger partial charge in [0.05, 0.1) is 25.6 Å². The molecule has 0 saturated heterocycles. The van der Waals surface area contributed by atoms with Crippen molar-refractivity contribution in [3.63, 3.8) is 0 Å². The fourth-order valence-corrected chi connectivity index (χ4v) is 1.83. The Morgan fingerprint density at radius 1 is 0.722 bits per heavy atom. The fraction of sp³-hybridized carbons (Fsp3) is 0.143. The maximum Gasteiger partial charge on any atom is 0.141 e. The molecule has 0 aliphatic heterocycles. The number of benzene rings is 2. The first kappa shape index (κ1) is 12.1. The van der Waals surface area contributed by atoms with Crippen LogP contribution in [0.3, 0.4) is 0 Å². The van der Waals surface area contributed by atoms with E-state index in [0.717, 1.165) is 11.1 Å². The van der Waals surface area contributed by atoms with Crippen LogP contribution in [-0.4, -0.2) is 14.2 Å². The third kappa shape index (κ3) is 2.18. The van der Waals surface area contributed by atoms with Crippen LogP contribution in [0.25, 0.3) is 11.1 Å². The lowest BCUT2D eigenvalue weighted by Crippen LogP contribution is -1.94. The Balaban J connectivity index is 2.42. The Bertz CT molecular complexity index is 516. The van der Waals surface area contributed by atoms with E-state index in [1.165, 1.54) is 0 Å². The van der Waals surface area contributed by atoms with E-state index in [9.17, 15) is 0 Å². The summed E-state index contributed by atoms with van der Waals surface area (Å²) in [5.41, 5.74) is 14.9. The number of ether oxygens (including phenoxy) is 2. The molecule has 0 saturated carbocycles. The molecule has 4 N–H and O–H groups in total. The van der Waals surface area contributed by atoms with E-state index in [0.29, 0.717) is 22.9 Å². The summed E-state index contributed by atoms with van der Waals surface area (Å²) in [5, 5.41) is 0. The van der Waals surface area contributed by atoms with Crippen LogP contribution in [0.4, 0.5) is 11.4 Å². The molecule has 0 radical (unpaired) electrons. The summed E-state index contributed by atoms with van der Waals surface area (Å²) in [7, 11) is 3.19. The maximum atomic E-state index is 5.88. The largest absolute Gasteiger partial charge is 0.495 e. The molecule has 4 nitrogen and oxygen atoms in total. The SMILES string of the molecule is COc1ccc(-c2ccc(OC)c(N)c2)cc1N. The van der Waals surface area contributed by atoms with E-state index in [4.69, 9.17) is 20.9 Å². The van der Waals surface area contributed by atoms with Gasteiger partial charge < -0.3 is 20.9 Å². The number of nitrogen functional groups attached to an aromatic ring is 2.